The summed E-state index contributed by atoms with van der Waals surface area (Å²) in [4.78, 5) is 13.2. The van der Waals surface area contributed by atoms with Gasteiger partial charge in [0, 0.05) is 17.8 Å². The number of carbonyl (C=O) groups is 1. The second-order valence-electron chi connectivity index (χ2n) is 7.68. The molecule has 0 aliphatic heterocycles. The van der Waals surface area contributed by atoms with Crippen LogP contribution in [-0.4, -0.2) is 15.7 Å². The first-order valence-electron chi connectivity index (χ1n) is 9.68. The molecule has 26 heavy (non-hydrogen) atoms. The summed E-state index contributed by atoms with van der Waals surface area (Å²) in [6.45, 7) is 0.525. The summed E-state index contributed by atoms with van der Waals surface area (Å²) in [7, 11) is 2.02. The van der Waals surface area contributed by atoms with E-state index in [1.54, 1.807) is 0 Å². The number of fused-ring (bicyclic) bond motifs is 1. The largest absolute Gasteiger partial charge is 0.350 e. The van der Waals surface area contributed by atoms with Crippen LogP contribution in [0.25, 0.3) is 0 Å². The van der Waals surface area contributed by atoms with E-state index in [4.69, 9.17) is 11.6 Å². The molecule has 4 nitrogen and oxygen atoms in total. The number of aromatic nitrogens is 2. The van der Waals surface area contributed by atoms with E-state index >= 15 is 0 Å². The monoisotopic (exact) mass is 371 g/mol. The molecule has 0 atom stereocenters. The number of nitrogens with zero attached hydrogens (tertiary/aromatic N) is 2. The molecule has 1 N–H and O–H groups in total. The molecule has 1 saturated carbocycles. The van der Waals surface area contributed by atoms with E-state index < -0.39 is 5.41 Å². The molecule has 1 aromatic heterocycles. The predicted molar refractivity (Wildman–Crippen MR) is 103 cm³/mol. The Balaban J connectivity index is 1.54. The van der Waals surface area contributed by atoms with Crippen molar-refractivity contribution in [1.29, 1.82) is 0 Å². The maximum Gasteiger partial charge on any atom is 0.230 e. The number of aryl methyl sites for hydroxylation is 1. The summed E-state index contributed by atoms with van der Waals surface area (Å²) in [5.41, 5.74) is 4.40. The van der Waals surface area contributed by atoms with Crippen molar-refractivity contribution in [3.05, 3.63) is 51.8 Å². The van der Waals surface area contributed by atoms with E-state index in [0.717, 1.165) is 49.8 Å². The van der Waals surface area contributed by atoms with Crippen molar-refractivity contribution in [3.8, 4) is 0 Å². The first-order chi connectivity index (χ1) is 12.6. The lowest BCUT2D eigenvalue weighted by Gasteiger charge is -2.28. The molecular formula is C21H26ClN3O. The molecule has 2 aliphatic rings. The fraction of sp³-hybridized carbons (Fsp3) is 0.524. The molecule has 5 heteroatoms. The average Bonchev–Trinajstić information content (AvgIpc) is 3.27. The van der Waals surface area contributed by atoms with Crippen LogP contribution in [-0.2, 0) is 36.6 Å². The molecule has 0 unspecified atom stereocenters. The highest BCUT2D eigenvalue weighted by molar-refractivity contribution is 6.30. The van der Waals surface area contributed by atoms with Crippen LogP contribution in [0.3, 0.4) is 0 Å². The number of hydrogen-bond donors (Lipinski definition) is 1. The number of benzene rings is 1. The Labute approximate surface area is 159 Å². The number of hydrogen-bond acceptors (Lipinski definition) is 2. The standard InChI is InChI=1S/C21H26ClN3O/c1-25-19-7-3-2-6-17(19)18(24-25)14-23-20(26)21(12-4-5-13-21)15-8-10-16(22)11-9-15/h8-11H,2-7,12-14H2,1H3,(H,23,26). The van der Waals surface area contributed by atoms with Gasteiger partial charge in [0.2, 0.25) is 5.91 Å². The molecule has 138 valence electrons. The fourth-order valence-corrected chi connectivity index (χ4v) is 4.85. The molecule has 1 fully saturated rings. The third-order valence-electron chi connectivity index (χ3n) is 6.15. The summed E-state index contributed by atoms with van der Waals surface area (Å²) >= 11 is 6.04. The average molecular weight is 372 g/mol. The van der Waals surface area contributed by atoms with Gasteiger partial charge in [0.25, 0.3) is 0 Å². The number of amides is 1. The highest BCUT2D eigenvalue weighted by Gasteiger charge is 2.42. The van der Waals surface area contributed by atoms with Gasteiger partial charge in [-0.1, -0.05) is 36.6 Å². The molecule has 0 bridgehead atoms. The van der Waals surface area contributed by atoms with Gasteiger partial charge in [0.05, 0.1) is 17.7 Å². The SMILES string of the molecule is Cn1nc(CNC(=O)C2(c3ccc(Cl)cc3)CCCC2)c2c1CCCC2. The molecule has 2 aliphatic carbocycles. The second kappa shape index (κ2) is 7.07. The van der Waals surface area contributed by atoms with Gasteiger partial charge >= 0.3 is 0 Å². The van der Waals surface area contributed by atoms with Crippen molar-refractivity contribution in [2.24, 2.45) is 7.05 Å². The van der Waals surface area contributed by atoms with Crippen LogP contribution in [0.2, 0.25) is 5.02 Å². The van der Waals surface area contributed by atoms with Crippen LogP contribution < -0.4 is 5.32 Å². The zero-order valence-electron chi connectivity index (χ0n) is 15.4. The summed E-state index contributed by atoms with van der Waals surface area (Å²) in [5.74, 6) is 0.132. The van der Waals surface area contributed by atoms with Gasteiger partial charge in [-0.15, -0.1) is 0 Å². The minimum atomic E-state index is -0.417. The quantitative estimate of drug-likeness (QED) is 0.880. The molecular weight excluding hydrogens is 346 g/mol. The Bertz CT molecular complexity index is 803. The van der Waals surface area contributed by atoms with E-state index in [0.29, 0.717) is 11.6 Å². The Morgan fingerprint density at radius 3 is 2.58 bits per heavy atom. The molecule has 1 aromatic carbocycles. The van der Waals surface area contributed by atoms with Crippen molar-refractivity contribution in [2.75, 3.05) is 0 Å². The van der Waals surface area contributed by atoms with Gasteiger partial charge in [-0.3, -0.25) is 9.48 Å². The molecule has 1 heterocycles. The number of carbonyl (C=O) groups excluding carboxylic acids is 1. The summed E-state index contributed by atoms with van der Waals surface area (Å²) in [6.07, 6.45) is 8.62. The van der Waals surface area contributed by atoms with Crippen molar-refractivity contribution in [2.45, 2.75) is 63.3 Å². The third-order valence-corrected chi connectivity index (χ3v) is 6.41. The maximum atomic E-state index is 13.2. The third kappa shape index (κ3) is 3.05. The van der Waals surface area contributed by atoms with Gasteiger partial charge in [-0.05, 0) is 61.8 Å². The fourth-order valence-electron chi connectivity index (χ4n) is 4.73. The Hall–Kier alpha value is -1.81. The molecule has 0 radical (unpaired) electrons. The van der Waals surface area contributed by atoms with E-state index in [2.05, 4.69) is 10.4 Å². The smallest absolute Gasteiger partial charge is 0.230 e. The van der Waals surface area contributed by atoms with E-state index in [1.165, 1.54) is 24.1 Å². The van der Waals surface area contributed by atoms with Gasteiger partial charge < -0.3 is 5.32 Å². The van der Waals surface area contributed by atoms with Crippen molar-refractivity contribution < 1.29 is 4.79 Å². The van der Waals surface area contributed by atoms with Gasteiger partial charge in [0.15, 0.2) is 0 Å². The maximum absolute atomic E-state index is 13.2. The van der Waals surface area contributed by atoms with Crippen molar-refractivity contribution >= 4 is 17.5 Å². The summed E-state index contributed by atoms with van der Waals surface area (Å²) in [5, 5.41) is 8.60. The van der Waals surface area contributed by atoms with E-state index in [-0.39, 0.29) is 5.91 Å². The lowest BCUT2D eigenvalue weighted by molar-refractivity contribution is -0.126. The molecule has 2 aromatic rings. The normalized spacial score (nSPS) is 18.5. The van der Waals surface area contributed by atoms with Gasteiger partial charge in [-0.2, -0.15) is 5.10 Å². The lowest BCUT2D eigenvalue weighted by Crippen LogP contribution is -2.42. The zero-order valence-corrected chi connectivity index (χ0v) is 16.1. The Morgan fingerprint density at radius 2 is 1.85 bits per heavy atom. The van der Waals surface area contributed by atoms with Crippen LogP contribution in [0.15, 0.2) is 24.3 Å². The predicted octanol–water partition coefficient (Wildman–Crippen LogP) is 4.08. The second-order valence-corrected chi connectivity index (χ2v) is 8.12. The van der Waals surface area contributed by atoms with Crippen LogP contribution in [0.1, 0.15) is 61.0 Å². The topological polar surface area (TPSA) is 46.9 Å². The first-order valence-corrected chi connectivity index (χ1v) is 10.1. The minimum absolute atomic E-state index is 0.132. The highest BCUT2D eigenvalue weighted by Crippen LogP contribution is 2.41. The van der Waals surface area contributed by atoms with Gasteiger partial charge in [-0.25, -0.2) is 0 Å². The minimum Gasteiger partial charge on any atom is -0.350 e. The molecule has 0 spiro atoms. The van der Waals surface area contributed by atoms with Crippen LogP contribution >= 0.6 is 11.6 Å². The highest BCUT2D eigenvalue weighted by atomic mass is 35.5. The summed E-state index contributed by atoms with van der Waals surface area (Å²) < 4.78 is 2.00. The Morgan fingerprint density at radius 1 is 1.15 bits per heavy atom. The van der Waals surface area contributed by atoms with Crippen LogP contribution in [0.5, 0.6) is 0 Å². The number of halogens is 1. The molecule has 0 saturated heterocycles. The van der Waals surface area contributed by atoms with E-state index in [1.807, 2.05) is 36.0 Å². The van der Waals surface area contributed by atoms with Crippen molar-refractivity contribution in [1.82, 2.24) is 15.1 Å². The number of nitrogens with one attached hydrogen (secondary N) is 1. The van der Waals surface area contributed by atoms with Crippen molar-refractivity contribution in [3.63, 3.8) is 0 Å². The number of rotatable bonds is 4. The Kier molecular flexibility index (Phi) is 4.78. The lowest BCUT2D eigenvalue weighted by atomic mass is 9.78. The summed E-state index contributed by atoms with van der Waals surface area (Å²) in [6, 6.07) is 7.80. The zero-order chi connectivity index (χ0) is 18.1. The van der Waals surface area contributed by atoms with Crippen LogP contribution in [0, 0.1) is 0 Å². The first kappa shape index (κ1) is 17.6. The molecule has 1 amide bonds. The van der Waals surface area contributed by atoms with Gasteiger partial charge in [0.1, 0.15) is 0 Å². The molecule has 4 rings (SSSR count). The van der Waals surface area contributed by atoms with E-state index in [9.17, 15) is 4.79 Å². The van der Waals surface area contributed by atoms with Crippen LogP contribution in [0.4, 0.5) is 0 Å².